The van der Waals surface area contributed by atoms with Gasteiger partial charge in [-0.05, 0) is 56.4 Å². The second-order valence-corrected chi connectivity index (χ2v) is 8.55. The largest absolute Gasteiger partial charge is 0.490 e. The zero-order valence-corrected chi connectivity index (χ0v) is 20.8. The molecule has 0 aliphatic carbocycles. The Morgan fingerprint density at radius 1 is 1.26 bits per heavy atom. The predicted molar refractivity (Wildman–Crippen MR) is 131 cm³/mol. The van der Waals surface area contributed by atoms with Crippen LogP contribution in [0.1, 0.15) is 42.8 Å². The van der Waals surface area contributed by atoms with E-state index in [0.717, 1.165) is 29.9 Å². The molecule has 35 heavy (non-hydrogen) atoms. The molecule has 10 heteroatoms. The van der Waals surface area contributed by atoms with Gasteiger partial charge in [0.25, 0.3) is 5.91 Å². The minimum Gasteiger partial charge on any atom is -0.490 e. The molecule has 2 aromatic rings. The second-order valence-electron chi connectivity index (χ2n) is 8.55. The highest BCUT2D eigenvalue weighted by molar-refractivity contribution is 6.00. The standard InChI is InChI=1S/C25H30N4O6/c1-15(2)7-8-28-17(4)10-19(18(28)5)11-20(13-26)25(31)35-14-24(30)27-21-12-23(34-6)22(29(32)33)9-16(21)3/h9-12,15H,7-8,14H2,1-6H3,(H,27,30)/b20-11+. The fourth-order valence-corrected chi connectivity index (χ4v) is 3.51. The lowest BCUT2D eigenvalue weighted by Crippen LogP contribution is -2.22. The first-order chi connectivity index (χ1) is 16.5. The number of ether oxygens (including phenoxy) is 2. The maximum absolute atomic E-state index is 12.4. The van der Waals surface area contributed by atoms with Crippen molar-refractivity contribution in [2.75, 3.05) is 19.0 Å². The average Bonchev–Trinajstić information content (AvgIpc) is 3.07. The van der Waals surface area contributed by atoms with Gasteiger partial charge in [-0.3, -0.25) is 14.9 Å². The quantitative estimate of drug-likeness (QED) is 0.173. The smallest absolute Gasteiger partial charge is 0.349 e. The first kappa shape index (κ1) is 27.1. The van der Waals surface area contributed by atoms with Crippen LogP contribution in [0.15, 0.2) is 23.8 Å². The maximum Gasteiger partial charge on any atom is 0.349 e. The van der Waals surface area contributed by atoms with Gasteiger partial charge in [-0.25, -0.2) is 4.79 Å². The van der Waals surface area contributed by atoms with Crippen LogP contribution in [0.4, 0.5) is 11.4 Å². The molecule has 10 nitrogen and oxygen atoms in total. The number of anilines is 1. The number of nitriles is 1. The lowest BCUT2D eigenvalue weighted by molar-refractivity contribution is -0.385. The molecule has 0 saturated heterocycles. The number of benzene rings is 1. The summed E-state index contributed by atoms with van der Waals surface area (Å²) < 4.78 is 12.2. The molecule has 2 rings (SSSR count). The number of carbonyl (C=O) groups is 2. The number of nitrogens with one attached hydrogen (secondary N) is 1. The number of aryl methyl sites for hydroxylation is 2. The van der Waals surface area contributed by atoms with Crippen LogP contribution in [0, 0.1) is 48.1 Å². The second kappa shape index (κ2) is 11.8. The molecule has 186 valence electrons. The summed E-state index contributed by atoms with van der Waals surface area (Å²) >= 11 is 0. The molecule has 1 heterocycles. The molecule has 1 aromatic heterocycles. The number of nitrogens with zero attached hydrogens (tertiary/aromatic N) is 3. The van der Waals surface area contributed by atoms with Crippen molar-refractivity contribution < 1.29 is 24.0 Å². The van der Waals surface area contributed by atoms with Crippen LogP contribution in [0.3, 0.4) is 0 Å². The van der Waals surface area contributed by atoms with Crippen molar-refractivity contribution in [3.8, 4) is 11.8 Å². The van der Waals surface area contributed by atoms with E-state index in [9.17, 15) is 25.0 Å². The number of carbonyl (C=O) groups excluding carboxylic acids is 2. The summed E-state index contributed by atoms with van der Waals surface area (Å²) in [5.74, 6) is -1.07. The van der Waals surface area contributed by atoms with Crippen LogP contribution >= 0.6 is 0 Å². The van der Waals surface area contributed by atoms with Crippen LogP contribution < -0.4 is 10.1 Å². The Bertz CT molecular complexity index is 1200. The maximum atomic E-state index is 12.4. The molecule has 0 spiro atoms. The Labute approximate surface area is 204 Å². The summed E-state index contributed by atoms with van der Waals surface area (Å²) in [5, 5.41) is 23.1. The van der Waals surface area contributed by atoms with Gasteiger partial charge in [0.1, 0.15) is 11.6 Å². The highest BCUT2D eigenvalue weighted by atomic mass is 16.6. The van der Waals surface area contributed by atoms with Gasteiger partial charge in [0.15, 0.2) is 12.4 Å². The number of methoxy groups -OCH3 is 1. The number of rotatable bonds is 10. The molecule has 1 aromatic carbocycles. The van der Waals surface area contributed by atoms with Crippen molar-refractivity contribution in [2.45, 2.75) is 47.6 Å². The monoisotopic (exact) mass is 482 g/mol. The molecule has 1 amide bonds. The van der Waals surface area contributed by atoms with Gasteiger partial charge in [-0.15, -0.1) is 0 Å². The van der Waals surface area contributed by atoms with Gasteiger partial charge >= 0.3 is 11.7 Å². The molecule has 0 saturated carbocycles. The van der Waals surface area contributed by atoms with E-state index >= 15 is 0 Å². The molecule has 0 bridgehead atoms. The number of nitro groups is 1. The van der Waals surface area contributed by atoms with Crippen LogP contribution in [0.5, 0.6) is 5.75 Å². The lowest BCUT2D eigenvalue weighted by Gasteiger charge is -2.11. The van der Waals surface area contributed by atoms with Crippen LogP contribution in [0.2, 0.25) is 0 Å². The average molecular weight is 483 g/mol. The SMILES string of the molecule is COc1cc(NC(=O)COC(=O)/C(C#N)=C/c2cc(C)n(CCC(C)C)c2C)c(C)cc1[N+](=O)[O-]. The molecule has 0 unspecified atom stereocenters. The first-order valence-corrected chi connectivity index (χ1v) is 11.1. The Balaban J connectivity index is 2.09. The van der Waals surface area contributed by atoms with E-state index in [1.165, 1.54) is 25.3 Å². The van der Waals surface area contributed by atoms with Gasteiger partial charge in [0, 0.05) is 35.8 Å². The third-order valence-corrected chi connectivity index (χ3v) is 5.51. The van der Waals surface area contributed by atoms with E-state index in [2.05, 4.69) is 23.7 Å². The predicted octanol–water partition coefficient (Wildman–Crippen LogP) is 4.47. The van der Waals surface area contributed by atoms with Crippen molar-refractivity contribution in [2.24, 2.45) is 5.92 Å². The number of hydrogen-bond acceptors (Lipinski definition) is 7. The van der Waals surface area contributed by atoms with Gasteiger partial charge < -0.3 is 19.4 Å². The summed E-state index contributed by atoms with van der Waals surface area (Å²) in [6.07, 6.45) is 2.46. The molecule has 0 fully saturated rings. The van der Waals surface area contributed by atoms with E-state index in [1.54, 1.807) is 6.92 Å². The first-order valence-electron chi connectivity index (χ1n) is 11.1. The third kappa shape index (κ3) is 6.93. The summed E-state index contributed by atoms with van der Waals surface area (Å²) in [6, 6.07) is 6.33. The number of hydrogen-bond donors (Lipinski definition) is 1. The summed E-state index contributed by atoms with van der Waals surface area (Å²) in [5.41, 5.74) is 2.94. The Morgan fingerprint density at radius 3 is 2.51 bits per heavy atom. The fraction of sp³-hybridized carbons (Fsp3) is 0.400. The van der Waals surface area contributed by atoms with E-state index in [0.29, 0.717) is 11.5 Å². The number of esters is 1. The minimum absolute atomic E-state index is 0.0198. The molecule has 0 atom stereocenters. The number of aromatic nitrogens is 1. The van der Waals surface area contributed by atoms with Crippen LogP contribution in [-0.4, -0.2) is 35.1 Å². The molecular formula is C25H30N4O6. The van der Waals surface area contributed by atoms with E-state index < -0.39 is 23.4 Å². The van der Waals surface area contributed by atoms with Gasteiger partial charge in [-0.2, -0.15) is 5.26 Å². The molecule has 1 N–H and O–H groups in total. The summed E-state index contributed by atoms with van der Waals surface area (Å²) in [4.78, 5) is 35.3. The summed E-state index contributed by atoms with van der Waals surface area (Å²) in [7, 11) is 1.28. The topological polar surface area (TPSA) is 136 Å². The van der Waals surface area contributed by atoms with Crippen molar-refractivity contribution in [3.05, 3.63) is 56.4 Å². The van der Waals surface area contributed by atoms with Gasteiger partial charge in [0.2, 0.25) is 0 Å². The third-order valence-electron chi connectivity index (χ3n) is 5.51. The van der Waals surface area contributed by atoms with Crippen molar-refractivity contribution in [3.63, 3.8) is 0 Å². The van der Waals surface area contributed by atoms with Crippen LogP contribution in [0.25, 0.3) is 6.08 Å². The minimum atomic E-state index is -0.923. The zero-order valence-electron chi connectivity index (χ0n) is 20.8. The van der Waals surface area contributed by atoms with E-state index in [4.69, 9.17) is 9.47 Å². The number of amides is 1. The Kier molecular flexibility index (Phi) is 9.17. The molecular weight excluding hydrogens is 452 g/mol. The van der Waals surface area contributed by atoms with E-state index in [-0.39, 0.29) is 22.7 Å². The fourth-order valence-electron chi connectivity index (χ4n) is 3.51. The van der Waals surface area contributed by atoms with Crippen molar-refractivity contribution in [1.29, 1.82) is 5.26 Å². The highest BCUT2D eigenvalue weighted by Gasteiger charge is 2.20. The zero-order chi connectivity index (χ0) is 26.3. The molecule has 0 radical (unpaired) electrons. The molecule has 0 aliphatic rings. The van der Waals surface area contributed by atoms with Crippen molar-refractivity contribution >= 4 is 29.3 Å². The van der Waals surface area contributed by atoms with Crippen LogP contribution in [-0.2, 0) is 20.9 Å². The Morgan fingerprint density at radius 2 is 1.94 bits per heavy atom. The number of nitro benzene ring substituents is 1. The van der Waals surface area contributed by atoms with Gasteiger partial charge in [-0.1, -0.05) is 13.8 Å². The lowest BCUT2D eigenvalue weighted by atomic mass is 10.1. The highest BCUT2D eigenvalue weighted by Crippen LogP contribution is 2.32. The normalized spacial score (nSPS) is 11.2. The van der Waals surface area contributed by atoms with E-state index in [1.807, 2.05) is 26.0 Å². The molecule has 0 aliphatic heterocycles. The Hall–Kier alpha value is -4.13. The van der Waals surface area contributed by atoms with Crippen molar-refractivity contribution in [1.82, 2.24) is 4.57 Å². The summed E-state index contributed by atoms with van der Waals surface area (Å²) in [6.45, 7) is 9.97. The van der Waals surface area contributed by atoms with Gasteiger partial charge in [0.05, 0.1) is 12.0 Å².